The Labute approximate surface area is 183 Å². The van der Waals surface area contributed by atoms with E-state index in [-0.39, 0.29) is 17.3 Å². The normalized spacial score (nSPS) is 11.1. The number of pyridine rings is 1. The summed E-state index contributed by atoms with van der Waals surface area (Å²) >= 11 is 6.21. The van der Waals surface area contributed by atoms with E-state index < -0.39 is 11.6 Å². The van der Waals surface area contributed by atoms with E-state index in [1.807, 2.05) is 45.9 Å². The number of aromatic nitrogens is 3. The molecule has 1 aromatic carbocycles. The van der Waals surface area contributed by atoms with Gasteiger partial charge in [0.25, 0.3) is 0 Å². The molecular formula is C23H20ClN3O4. The molecule has 0 saturated carbocycles. The third-order valence-corrected chi connectivity index (χ3v) is 5.43. The van der Waals surface area contributed by atoms with Crippen LogP contribution in [0.2, 0.25) is 5.02 Å². The van der Waals surface area contributed by atoms with Crippen LogP contribution in [-0.4, -0.2) is 20.7 Å². The van der Waals surface area contributed by atoms with Crippen LogP contribution in [0, 0.1) is 27.7 Å². The van der Waals surface area contributed by atoms with Gasteiger partial charge in [0.2, 0.25) is 0 Å². The third-order valence-electron chi connectivity index (χ3n) is 5.13. The number of fused-ring (bicyclic) bond motifs is 1. The van der Waals surface area contributed by atoms with E-state index in [1.165, 1.54) is 6.07 Å². The lowest BCUT2D eigenvalue weighted by Gasteiger charge is -2.11. The van der Waals surface area contributed by atoms with Crippen LogP contribution in [0.25, 0.3) is 16.8 Å². The van der Waals surface area contributed by atoms with Crippen molar-refractivity contribution in [2.45, 2.75) is 34.3 Å². The summed E-state index contributed by atoms with van der Waals surface area (Å²) in [4.78, 5) is 29.1. The number of halogens is 1. The van der Waals surface area contributed by atoms with Crippen LogP contribution < -0.4 is 5.63 Å². The van der Waals surface area contributed by atoms with Crippen LogP contribution in [0.3, 0.4) is 0 Å². The maximum Gasteiger partial charge on any atom is 0.358 e. The second-order valence-corrected chi connectivity index (χ2v) is 7.80. The van der Waals surface area contributed by atoms with Crippen molar-refractivity contribution in [1.29, 1.82) is 0 Å². The minimum absolute atomic E-state index is 0.0222. The minimum Gasteiger partial charge on any atom is -0.456 e. The van der Waals surface area contributed by atoms with Crippen molar-refractivity contribution in [2.24, 2.45) is 0 Å². The van der Waals surface area contributed by atoms with Gasteiger partial charge in [-0.3, -0.25) is 0 Å². The average Bonchev–Trinajstić information content (AvgIpc) is 3.07. The highest BCUT2D eigenvalue weighted by molar-refractivity contribution is 6.33. The Kier molecular flexibility index (Phi) is 5.37. The number of benzene rings is 1. The molecule has 4 rings (SSSR count). The largest absolute Gasteiger partial charge is 0.456 e. The van der Waals surface area contributed by atoms with Gasteiger partial charge in [0.1, 0.15) is 12.2 Å². The molecule has 4 aromatic rings. The van der Waals surface area contributed by atoms with Gasteiger partial charge in [-0.2, -0.15) is 5.10 Å². The molecule has 0 aliphatic rings. The van der Waals surface area contributed by atoms with Crippen LogP contribution >= 0.6 is 11.6 Å². The molecule has 0 radical (unpaired) electrons. The Morgan fingerprint density at radius 2 is 1.90 bits per heavy atom. The van der Waals surface area contributed by atoms with E-state index in [2.05, 4.69) is 10.1 Å². The first-order valence-electron chi connectivity index (χ1n) is 9.65. The number of rotatable bonds is 4. The molecule has 3 heterocycles. The van der Waals surface area contributed by atoms with Gasteiger partial charge in [0.15, 0.2) is 11.5 Å². The molecule has 0 fully saturated rings. The van der Waals surface area contributed by atoms with Gasteiger partial charge >= 0.3 is 11.6 Å². The SMILES string of the molecule is Cc1cc(C)n(-c2ccc(Cl)c(C(=O)OCc3cc(=O)oc4c(C)c(C)ccc34)n2)n1. The smallest absolute Gasteiger partial charge is 0.358 e. The van der Waals surface area contributed by atoms with Crippen molar-refractivity contribution < 1.29 is 13.9 Å². The van der Waals surface area contributed by atoms with Gasteiger partial charge in [-0.15, -0.1) is 0 Å². The second kappa shape index (κ2) is 8.00. The van der Waals surface area contributed by atoms with Crippen LogP contribution in [0.1, 0.15) is 38.6 Å². The Balaban J connectivity index is 1.64. The van der Waals surface area contributed by atoms with Crippen molar-refractivity contribution in [3.05, 3.63) is 85.6 Å². The predicted molar refractivity (Wildman–Crippen MR) is 117 cm³/mol. The maximum absolute atomic E-state index is 12.8. The van der Waals surface area contributed by atoms with Crippen molar-refractivity contribution in [3.8, 4) is 5.82 Å². The monoisotopic (exact) mass is 437 g/mol. The number of esters is 1. The van der Waals surface area contributed by atoms with Gasteiger partial charge < -0.3 is 9.15 Å². The lowest BCUT2D eigenvalue weighted by atomic mass is 10.0. The standard InChI is InChI=1S/C23H20ClN3O4/c1-12-5-6-17-16(10-20(28)31-22(17)15(12)4)11-30-23(29)21-18(24)7-8-19(25-21)27-14(3)9-13(2)26-27/h5-10H,11H2,1-4H3. The molecule has 0 aliphatic heterocycles. The molecule has 0 unspecified atom stereocenters. The molecule has 0 bridgehead atoms. The summed E-state index contributed by atoms with van der Waals surface area (Å²) in [6, 6.07) is 10.3. The Morgan fingerprint density at radius 1 is 1.13 bits per heavy atom. The molecule has 3 aromatic heterocycles. The number of nitrogens with zero attached hydrogens (tertiary/aromatic N) is 3. The summed E-state index contributed by atoms with van der Waals surface area (Å²) < 4.78 is 12.5. The number of aryl methyl sites for hydroxylation is 4. The summed E-state index contributed by atoms with van der Waals surface area (Å²) in [5.74, 6) is -0.238. The molecule has 0 N–H and O–H groups in total. The van der Waals surface area contributed by atoms with Crippen molar-refractivity contribution in [2.75, 3.05) is 0 Å². The summed E-state index contributed by atoms with van der Waals surface area (Å²) in [6.45, 7) is 7.46. The molecule has 158 valence electrons. The molecule has 7 nitrogen and oxygen atoms in total. The van der Waals surface area contributed by atoms with Gasteiger partial charge in [-0.1, -0.05) is 23.7 Å². The minimum atomic E-state index is -0.696. The van der Waals surface area contributed by atoms with Crippen LogP contribution in [0.5, 0.6) is 0 Å². The Hall–Kier alpha value is -3.45. The summed E-state index contributed by atoms with van der Waals surface area (Å²) in [5.41, 5.74) is 4.08. The first-order valence-corrected chi connectivity index (χ1v) is 10.0. The van der Waals surface area contributed by atoms with Gasteiger partial charge in [0, 0.05) is 22.7 Å². The molecule has 0 amide bonds. The summed E-state index contributed by atoms with van der Waals surface area (Å²) in [5, 5.41) is 5.26. The number of carbonyl (C=O) groups is 1. The zero-order chi connectivity index (χ0) is 22.3. The molecule has 0 aliphatic carbocycles. The zero-order valence-corrected chi connectivity index (χ0v) is 18.3. The highest BCUT2D eigenvalue weighted by atomic mass is 35.5. The topological polar surface area (TPSA) is 87.2 Å². The van der Waals surface area contributed by atoms with Crippen molar-refractivity contribution in [1.82, 2.24) is 14.8 Å². The highest BCUT2D eigenvalue weighted by Gasteiger charge is 2.18. The van der Waals surface area contributed by atoms with E-state index in [0.717, 1.165) is 22.5 Å². The molecule has 31 heavy (non-hydrogen) atoms. The number of hydrogen-bond donors (Lipinski definition) is 0. The molecule has 0 spiro atoms. The van der Waals surface area contributed by atoms with Crippen molar-refractivity contribution >= 4 is 28.5 Å². The summed E-state index contributed by atoms with van der Waals surface area (Å²) in [7, 11) is 0. The Morgan fingerprint density at radius 3 is 2.61 bits per heavy atom. The number of carbonyl (C=O) groups excluding carboxylic acids is 1. The fraction of sp³-hybridized carbons (Fsp3) is 0.217. The predicted octanol–water partition coefficient (Wildman–Crippen LogP) is 4.62. The van der Waals surface area contributed by atoms with E-state index >= 15 is 0 Å². The summed E-state index contributed by atoms with van der Waals surface area (Å²) in [6.07, 6.45) is 0. The zero-order valence-electron chi connectivity index (χ0n) is 17.5. The Bertz CT molecular complexity index is 1390. The van der Waals surface area contributed by atoms with Gasteiger partial charge in [0.05, 0.1) is 10.7 Å². The lowest BCUT2D eigenvalue weighted by Crippen LogP contribution is -2.12. The van der Waals surface area contributed by atoms with E-state index in [0.29, 0.717) is 22.4 Å². The first-order chi connectivity index (χ1) is 14.7. The highest BCUT2D eigenvalue weighted by Crippen LogP contribution is 2.24. The number of ether oxygens (including phenoxy) is 1. The fourth-order valence-corrected chi connectivity index (χ4v) is 3.59. The molecule has 0 saturated heterocycles. The van der Waals surface area contributed by atoms with Crippen LogP contribution in [0.15, 0.2) is 45.6 Å². The van der Waals surface area contributed by atoms with Crippen LogP contribution in [-0.2, 0) is 11.3 Å². The average molecular weight is 438 g/mol. The van der Waals surface area contributed by atoms with Gasteiger partial charge in [-0.25, -0.2) is 19.3 Å². The first kappa shape index (κ1) is 20.8. The molecule has 8 heteroatoms. The maximum atomic E-state index is 12.8. The van der Waals surface area contributed by atoms with Gasteiger partial charge in [-0.05, 0) is 57.0 Å². The molecular weight excluding hydrogens is 418 g/mol. The second-order valence-electron chi connectivity index (χ2n) is 7.39. The van der Waals surface area contributed by atoms with E-state index in [1.54, 1.807) is 16.8 Å². The third kappa shape index (κ3) is 3.96. The quantitative estimate of drug-likeness (QED) is 0.342. The lowest BCUT2D eigenvalue weighted by molar-refractivity contribution is 0.0467. The van der Waals surface area contributed by atoms with Crippen molar-refractivity contribution in [3.63, 3.8) is 0 Å². The molecule has 0 atom stereocenters. The van der Waals surface area contributed by atoms with Crippen LogP contribution in [0.4, 0.5) is 0 Å². The number of hydrogen-bond acceptors (Lipinski definition) is 6. The fourth-order valence-electron chi connectivity index (χ4n) is 3.41. The van der Waals surface area contributed by atoms with E-state index in [4.69, 9.17) is 20.8 Å². The van der Waals surface area contributed by atoms with E-state index in [9.17, 15) is 9.59 Å².